The van der Waals surface area contributed by atoms with E-state index in [-0.39, 0.29) is 49.5 Å². The molecule has 1 unspecified atom stereocenters. The van der Waals surface area contributed by atoms with Crippen LogP contribution in [0.15, 0.2) is 48.8 Å². The van der Waals surface area contributed by atoms with Gasteiger partial charge in [0, 0.05) is 62.7 Å². The van der Waals surface area contributed by atoms with Gasteiger partial charge in [-0.2, -0.15) is 5.26 Å². The fraction of sp³-hybridized carbons (Fsp3) is 0.387. The van der Waals surface area contributed by atoms with E-state index in [1.54, 1.807) is 41.4 Å². The fourth-order valence-electron chi connectivity index (χ4n) is 5.42. The quantitative estimate of drug-likeness (QED) is 0.466. The number of ether oxygens (including phenoxy) is 1. The summed E-state index contributed by atoms with van der Waals surface area (Å²) in [7, 11) is 0. The van der Waals surface area contributed by atoms with Crippen molar-refractivity contribution in [2.45, 2.75) is 44.9 Å². The summed E-state index contributed by atoms with van der Waals surface area (Å²) in [6.45, 7) is 6.17. The summed E-state index contributed by atoms with van der Waals surface area (Å²) < 4.78 is 21.6. The average Bonchev–Trinajstić information content (AvgIpc) is 3.02. The third-order valence-electron chi connectivity index (χ3n) is 7.82. The van der Waals surface area contributed by atoms with Crippen LogP contribution in [0.2, 0.25) is 0 Å². The van der Waals surface area contributed by atoms with E-state index in [0.717, 1.165) is 17.7 Å². The Kier molecular flexibility index (Phi) is 8.38. The molecule has 2 aromatic heterocycles. The normalized spacial score (nSPS) is 18.4. The minimum absolute atomic E-state index is 0.106. The van der Waals surface area contributed by atoms with Crippen LogP contribution < -0.4 is 10.6 Å². The number of aryl methyl sites for hydroxylation is 2. The van der Waals surface area contributed by atoms with Crippen molar-refractivity contribution in [1.29, 1.82) is 5.26 Å². The number of rotatable bonds is 6. The molecule has 0 bridgehead atoms. The first-order valence-electron chi connectivity index (χ1n) is 13.9. The van der Waals surface area contributed by atoms with Crippen LogP contribution in [0.1, 0.15) is 74.7 Å². The highest BCUT2D eigenvalue weighted by atomic mass is 19.1. The zero-order valence-corrected chi connectivity index (χ0v) is 23.2. The van der Waals surface area contributed by atoms with E-state index >= 15 is 4.39 Å². The average molecular weight is 557 g/mol. The van der Waals surface area contributed by atoms with E-state index in [1.165, 1.54) is 6.20 Å². The number of anilines is 1. The summed E-state index contributed by atoms with van der Waals surface area (Å²) in [5.41, 5.74) is 2.70. The number of halogens is 1. The third-order valence-corrected chi connectivity index (χ3v) is 7.82. The zero-order valence-electron chi connectivity index (χ0n) is 23.2. The van der Waals surface area contributed by atoms with Crippen molar-refractivity contribution in [2.24, 2.45) is 0 Å². The molecule has 212 valence electrons. The topological polar surface area (TPSA) is 120 Å². The Morgan fingerprint density at radius 1 is 1.22 bits per heavy atom. The van der Waals surface area contributed by atoms with Gasteiger partial charge in [0.1, 0.15) is 12.2 Å². The lowest BCUT2D eigenvalue weighted by atomic mass is 9.89. The number of likely N-dealkylation sites (tertiary alicyclic amines) is 1. The molecule has 3 aromatic rings. The fourth-order valence-corrected chi connectivity index (χ4v) is 5.42. The standard InChI is InChI=1S/C31H33FN6O3/c1-3-22-15-20(2)24(30(40)38-12-8-31(32,9-13-38)27-7-6-21(17-33)18-36-27)16-25(22)37-29(39)23-5-4-10-35-28(23)26-19-34-11-14-41-26/h4-7,10,15-16,18,26,34H,3,8-9,11-14,19H2,1-2H3,(H,37,39). The molecule has 2 fully saturated rings. The van der Waals surface area contributed by atoms with E-state index in [0.29, 0.717) is 47.6 Å². The van der Waals surface area contributed by atoms with E-state index in [4.69, 9.17) is 10.00 Å². The first kappa shape index (κ1) is 28.3. The first-order valence-corrected chi connectivity index (χ1v) is 13.9. The highest BCUT2D eigenvalue weighted by molar-refractivity contribution is 6.06. The second-order valence-corrected chi connectivity index (χ2v) is 10.4. The SMILES string of the molecule is CCc1cc(C)c(C(=O)N2CCC(F)(c3ccc(C#N)cn3)CC2)cc1NC(=O)c1cccnc1C1CNCCO1. The largest absolute Gasteiger partial charge is 0.369 e. The number of nitriles is 1. The summed E-state index contributed by atoms with van der Waals surface area (Å²) in [5.74, 6) is -0.534. The molecule has 2 amide bonds. The van der Waals surface area contributed by atoms with Gasteiger partial charge in [0.15, 0.2) is 5.67 Å². The van der Waals surface area contributed by atoms with Gasteiger partial charge in [-0.3, -0.25) is 19.6 Å². The van der Waals surface area contributed by atoms with E-state index < -0.39 is 5.67 Å². The van der Waals surface area contributed by atoms with Crippen molar-refractivity contribution in [2.75, 3.05) is 38.1 Å². The van der Waals surface area contributed by atoms with Gasteiger partial charge >= 0.3 is 0 Å². The first-order chi connectivity index (χ1) is 19.8. The summed E-state index contributed by atoms with van der Waals surface area (Å²) in [4.78, 5) is 37.3. The zero-order chi connectivity index (χ0) is 29.0. The van der Waals surface area contributed by atoms with Crippen LogP contribution in [-0.2, 0) is 16.8 Å². The van der Waals surface area contributed by atoms with Crippen molar-refractivity contribution in [3.05, 3.63) is 88.0 Å². The number of piperidine rings is 1. The Hall–Kier alpha value is -4.20. The van der Waals surface area contributed by atoms with Crippen molar-refractivity contribution in [3.63, 3.8) is 0 Å². The van der Waals surface area contributed by atoms with Crippen LogP contribution in [0.5, 0.6) is 0 Å². The van der Waals surface area contributed by atoms with E-state index in [9.17, 15) is 9.59 Å². The molecular formula is C31H33FN6O3. The molecule has 4 heterocycles. The van der Waals surface area contributed by atoms with Crippen molar-refractivity contribution in [1.82, 2.24) is 20.2 Å². The lowest BCUT2D eigenvalue weighted by Gasteiger charge is -2.36. The molecule has 2 aliphatic rings. The van der Waals surface area contributed by atoms with Crippen LogP contribution >= 0.6 is 0 Å². The van der Waals surface area contributed by atoms with Crippen LogP contribution in [0.4, 0.5) is 10.1 Å². The summed E-state index contributed by atoms with van der Waals surface area (Å²) in [6.07, 6.45) is 3.56. The molecular weight excluding hydrogens is 523 g/mol. The molecule has 1 aromatic carbocycles. The maximum Gasteiger partial charge on any atom is 0.257 e. The molecule has 41 heavy (non-hydrogen) atoms. The summed E-state index contributed by atoms with van der Waals surface area (Å²) >= 11 is 0. The molecule has 5 rings (SSSR count). The lowest BCUT2D eigenvalue weighted by molar-refractivity contribution is 0.0244. The van der Waals surface area contributed by atoms with Gasteiger partial charge in [0.25, 0.3) is 11.8 Å². The molecule has 1 atom stereocenters. The number of nitrogens with one attached hydrogen (secondary N) is 2. The Bertz CT molecular complexity index is 1470. The van der Waals surface area contributed by atoms with Crippen molar-refractivity contribution in [3.8, 4) is 6.07 Å². The molecule has 0 spiro atoms. The molecule has 0 saturated carbocycles. The minimum Gasteiger partial charge on any atom is -0.369 e. The van der Waals surface area contributed by atoms with Gasteiger partial charge in [-0.25, -0.2) is 4.39 Å². The maximum absolute atomic E-state index is 15.7. The number of alkyl halides is 1. The van der Waals surface area contributed by atoms with Gasteiger partial charge in [0.2, 0.25) is 0 Å². The monoisotopic (exact) mass is 556 g/mol. The van der Waals surface area contributed by atoms with Gasteiger partial charge in [-0.15, -0.1) is 0 Å². The second-order valence-electron chi connectivity index (χ2n) is 10.4. The number of nitrogens with zero attached hydrogens (tertiary/aromatic N) is 4. The Morgan fingerprint density at radius 3 is 2.68 bits per heavy atom. The molecule has 2 N–H and O–H groups in total. The summed E-state index contributed by atoms with van der Waals surface area (Å²) in [6, 6.07) is 12.2. The van der Waals surface area contributed by atoms with Crippen LogP contribution in [0.25, 0.3) is 0 Å². The summed E-state index contributed by atoms with van der Waals surface area (Å²) in [5, 5.41) is 15.3. The van der Waals surface area contributed by atoms with Crippen molar-refractivity contribution >= 4 is 17.5 Å². The lowest BCUT2D eigenvalue weighted by Crippen LogP contribution is -2.43. The second kappa shape index (κ2) is 12.1. The van der Waals surface area contributed by atoms with Gasteiger partial charge < -0.3 is 20.3 Å². The number of amides is 2. The van der Waals surface area contributed by atoms with Gasteiger partial charge in [-0.05, 0) is 54.8 Å². The third kappa shape index (κ3) is 5.97. The molecule has 10 heteroatoms. The van der Waals surface area contributed by atoms with Crippen LogP contribution in [0.3, 0.4) is 0 Å². The number of hydrogen-bond donors (Lipinski definition) is 2. The number of pyridine rings is 2. The number of carbonyl (C=O) groups is 2. The number of morpholine rings is 1. The minimum atomic E-state index is -1.66. The highest BCUT2D eigenvalue weighted by Gasteiger charge is 2.39. The number of carbonyl (C=O) groups excluding carboxylic acids is 2. The number of aromatic nitrogens is 2. The number of benzene rings is 1. The molecule has 0 aliphatic carbocycles. The predicted molar refractivity (Wildman–Crippen MR) is 151 cm³/mol. The predicted octanol–water partition coefficient (Wildman–Crippen LogP) is 4.23. The van der Waals surface area contributed by atoms with Gasteiger partial charge in [-0.1, -0.05) is 13.0 Å². The molecule has 9 nitrogen and oxygen atoms in total. The Labute approximate surface area is 238 Å². The molecule has 0 radical (unpaired) electrons. The molecule has 2 saturated heterocycles. The van der Waals surface area contributed by atoms with Crippen LogP contribution in [0, 0.1) is 18.3 Å². The smallest absolute Gasteiger partial charge is 0.257 e. The Morgan fingerprint density at radius 2 is 2.02 bits per heavy atom. The van der Waals surface area contributed by atoms with E-state index in [1.807, 2.05) is 26.0 Å². The van der Waals surface area contributed by atoms with Gasteiger partial charge in [0.05, 0.1) is 29.1 Å². The van der Waals surface area contributed by atoms with Crippen molar-refractivity contribution < 1.29 is 18.7 Å². The highest BCUT2D eigenvalue weighted by Crippen LogP contribution is 2.37. The maximum atomic E-state index is 15.7. The van der Waals surface area contributed by atoms with Crippen LogP contribution in [-0.4, -0.2) is 59.5 Å². The van der Waals surface area contributed by atoms with E-state index in [2.05, 4.69) is 20.6 Å². The Balaban J connectivity index is 1.34. The number of hydrogen-bond acceptors (Lipinski definition) is 7. The molecule has 2 aliphatic heterocycles.